The smallest absolute Gasteiger partial charge is 0.310 e. The van der Waals surface area contributed by atoms with Crippen LogP contribution in [0.4, 0.5) is 0 Å². The standard InChI is InChI=1S/C16H22N2O3.2ClH/c19-14(13-4-2-1-3-5-13)12-18-11-8-16(15(20)21)6-9-17-10-7-16;;/h1-5,9,14,18-19H,6-8,10-12H2,(H,20,21);2*1H/t14-,16?;;/m0../s1. The monoisotopic (exact) mass is 362 g/mol. The van der Waals surface area contributed by atoms with Gasteiger partial charge in [-0.15, -0.1) is 24.8 Å². The van der Waals surface area contributed by atoms with Gasteiger partial charge in [0.1, 0.15) is 0 Å². The highest BCUT2D eigenvalue weighted by molar-refractivity contribution is 5.85. The van der Waals surface area contributed by atoms with Crippen molar-refractivity contribution >= 4 is 37.0 Å². The van der Waals surface area contributed by atoms with Crippen molar-refractivity contribution in [2.75, 3.05) is 19.6 Å². The second-order valence-electron chi connectivity index (χ2n) is 5.51. The van der Waals surface area contributed by atoms with Crippen molar-refractivity contribution in [3.63, 3.8) is 0 Å². The van der Waals surface area contributed by atoms with Crippen LogP contribution < -0.4 is 5.32 Å². The first-order valence-electron chi connectivity index (χ1n) is 7.29. The summed E-state index contributed by atoms with van der Waals surface area (Å²) < 4.78 is 0. The Morgan fingerprint density at radius 2 is 2.00 bits per heavy atom. The normalized spacial score (nSPS) is 20.9. The molecule has 0 aliphatic carbocycles. The van der Waals surface area contributed by atoms with Gasteiger partial charge < -0.3 is 15.5 Å². The highest BCUT2D eigenvalue weighted by atomic mass is 35.5. The summed E-state index contributed by atoms with van der Waals surface area (Å²) in [6.45, 7) is 1.58. The number of aliphatic hydroxyl groups excluding tert-OH is 1. The van der Waals surface area contributed by atoms with Crippen molar-refractivity contribution in [1.82, 2.24) is 5.32 Å². The molecule has 0 saturated carbocycles. The van der Waals surface area contributed by atoms with Gasteiger partial charge in [0.2, 0.25) is 0 Å². The Balaban J connectivity index is 0.00000242. The number of nitrogens with one attached hydrogen (secondary N) is 1. The van der Waals surface area contributed by atoms with E-state index >= 15 is 0 Å². The quantitative estimate of drug-likeness (QED) is 0.650. The molecule has 130 valence electrons. The van der Waals surface area contributed by atoms with Gasteiger partial charge in [0, 0.05) is 13.1 Å². The summed E-state index contributed by atoms with van der Waals surface area (Å²) in [7, 11) is 0. The number of carboxylic acids is 1. The number of rotatable bonds is 7. The van der Waals surface area contributed by atoms with E-state index in [0.717, 1.165) is 5.56 Å². The SMILES string of the molecule is Cl.Cl.O=C(O)C1(CCNC[C@H](O)c2ccccc2)CC=NCC1. The summed E-state index contributed by atoms with van der Waals surface area (Å²) in [6, 6.07) is 9.44. The first-order chi connectivity index (χ1) is 10.1. The Morgan fingerprint density at radius 3 is 2.57 bits per heavy atom. The van der Waals surface area contributed by atoms with Gasteiger partial charge >= 0.3 is 5.97 Å². The van der Waals surface area contributed by atoms with Gasteiger partial charge in [0.05, 0.1) is 11.5 Å². The molecular formula is C16H24Cl2N2O3. The van der Waals surface area contributed by atoms with E-state index in [-0.39, 0.29) is 24.8 Å². The first kappa shape index (κ1) is 21.9. The van der Waals surface area contributed by atoms with E-state index < -0.39 is 17.5 Å². The molecule has 1 unspecified atom stereocenters. The maximum atomic E-state index is 11.5. The van der Waals surface area contributed by atoms with Crippen LogP contribution in [0, 0.1) is 5.41 Å². The molecule has 0 saturated heterocycles. The third-order valence-corrected chi connectivity index (χ3v) is 4.09. The van der Waals surface area contributed by atoms with Crippen molar-refractivity contribution in [2.24, 2.45) is 10.4 Å². The molecule has 1 aliphatic rings. The van der Waals surface area contributed by atoms with E-state index in [1.165, 1.54) is 0 Å². The van der Waals surface area contributed by atoms with Crippen LogP contribution in [0.1, 0.15) is 30.9 Å². The van der Waals surface area contributed by atoms with E-state index in [1.807, 2.05) is 30.3 Å². The van der Waals surface area contributed by atoms with Gasteiger partial charge in [0.25, 0.3) is 0 Å². The molecule has 23 heavy (non-hydrogen) atoms. The van der Waals surface area contributed by atoms with Crippen LogP contribution in [0.5, 0.6) is 0 Å². The fraction of sp³-hybridized carbons (Fsp3) is 0.500. The van der Waals surface area contributed by atoms with E-state index in [0.29, 0.717) is 38.9 Å². The lowest BCUT2D eigenvalue weighted by Crippen LogP contribution is -2.38. The Hall–Kier alpha value is -1.14. The predicted molar refractivity (Wildman–Crippen MR) is 96.0 cm³/mol. The minimum atomic E-state index is -0.751. The van der Waals surface area contributed by atoms with Crippen molar-refractivity contribution in [3.05, 3.63) is 35.9 Å². The van der Waals surface area contributed by atoms with Crippen molar-refractivity contribution in [3.8, 4) is 0 Å². The molecular weight excluding hydrogens is 339 g/mol. The van der Waals surface area contributed by atoms with Crippen LogP contribution in [-0.2, 0) is 4.79 Å². The van der Waals surface area contributed by atoms with Crippen LogP contribution in [0.15, 0.2) is 35.3 Å². The average molecular weight is 363 g/mol. The van der Waals surface area contributed by atoms with E-state index in [4.69, 9.17) is 0 Å². The Morgan fingerprint density at radius 1 is 1.30 bits per heavy atom. The highest BCUT2D eigenvalue weighted by Gasteiger charge is 2.38. The summed E-state index contributed by atoms with van der Waals surface area (Å²) in [6.07, 6.45) is 2.78. The van der Waals surface area contributed by atoms with Gasteiger partial charge in [-0.1, -0.05) is 30.3 Å². The summed E-state index contributed by atoms with van der Waals surface area (Å²) >= 11 is 0. The highest BCUT2D eigenvalue weighted by Crippen LogP contribution is 2.32. The summed E-state index contributed by atoms with van der Waals surface area (Å²) in [5.41, 5.74) is 0.162. The third-order valence-electron chi connectivity index (χ3n) is 4.09. The zero-order chi connectivity index (χ0) is 15.1. The van der Waals surface area contributed by atoms with Gasteiger partial charge in [-0.3, -0.25) is 9.79 Å². The minimum absolute atomic E-state index is 0. The second-order valence-corrected chi connectivity index (χ2v) is 5.51. The number of hydrogen-bond donors (Lipinski definition) is 3. The number of carbonyl (C=O) groups is 1. The van der Waals surface area contributed by atoms with Crippen molar-refractivity contribution in [2.45, 2.75) is 25.4 Å². The molecule has 5 nitrogen and oxygen atoms in total. The van der Waals surface area contributed by atoms with E-state index in [1.54, 1.807) is 6.21 Å². The summed E-state index contributed by atoms with van der Waals surface area (Å²) in [5, 5.41) is 22.6. The fourth-order valence-electron chi connectivity index (χ4n) is 2.60. The van der Waals surface area contributed by atoms with Crippen LogP contribution in [0.3, 0.4) is 0 Å². The fourth-order valence-corrected chi connectivity index (χ4v) is 2.60. The lowest BCUT2D eigenvalue weighted by atomic mass is 9.77. The number of hydrogen-bond acceptors (Lipinski definition) is 4. The number of aliphatic carboxylic acids is 1. The molecule has 1 aromatic rings. The lowest BCUT2D eigenvalue weighted by molar-refractivity contribution is -0.149. The molecule has 2 rings (SSSR count). The number of aliphatic imine (C=N–C) groups is 1. The average Bonchev–Trinajstić information content (AvgIpc) is 2.53. The largest absolute Gasteiger partial charge is 0.481 e. The van der Waals surface area contributed by atoms with E-state index in [2.05, 4.69) is 10.3 Å². The zero-order valence-electron chi connectivity index (χ0n) is 12.9. The maximum Gasteiger partial charge on any atom is 0.310 e. The molecule has 7 heteroatoms. The molecule has 1 aliphatic heterocycles. The first-order valence-corrected chi connectivity index (χ1v) is 7.29. The van der Waals surface area contributed by atoms with Crippen LogP contribution in [0.2, 0.25) is 0 Å². The van der Waals surface area contributed by atoms with Crippen LogP contribution in [0.25, 0.3) is 0 Å². The summed E-state index contributed by atoms with van der Waals surface area (Å²) in [5.74, 6) is -0.751. The molecule has 0 aromatic heterocycles. The van der Waals surface area contributed by atoms with E-state index in [9.17, 15) is 15.0 Å². The molecule has 1 heterocycles. The minimum Gasteiger partial charge on any atom is -0.481 e. The molecule has 0 spiro atoms. The molecule has 0 radical (unpaired) electrons. The number of nitrogens with zero attached hydrogens (tertiary/aromatic N) is 1. The Labute approximate surface area is 149 Å². The number of benzene rings is 1. The van der Waals surface area contributed by atoms with Gasteiger partial charge in [-0.25, -0.2) is 0 Å². The topological polar surface area (TPSA) is 81.9 Å². The molecule has 0 fully saturated rings. The van der Waals surface area contributed by atoms with Crippen LogP contribution >= 0.6 is 24.8 Å². The second kappa shape index (κ2) is 10.6. The van der Waals surface area contributed by atoms with Crippen molar-refractivity contribution in [1.29, 1.82) is 0 Å². The maximum absolute atomic E-state index is 11.5. The molecule has 3 N–H and O–H groups in total. The summed E-state index contributed by atoms with van der Waals surface area (Å²) in [4.78, 5) is 15.6. The zero-order valence-corrected chi connectivity index (χ0v) is 14.5. The number of aliphatic hydroxyl groups is 1. The number of halogens is 2. The Bertz CT molecular complexity index is 499. The number of carboxylic acid groups (broad SMARTS) is 1. The molecule has 0 amide bonds. The molecule has 1 aromatic carbocycles. The van der Waals surface area contributed by atoms with Gasteiger partial charge in [-0.05, 0) is 37.6 Å². The van der Waals surface area contributed by atoms with Crippen molar-refractivity contribution < 1.29 is 15.0 Å². The Kier molecular flexibility index (Phi) is 10.1. The molecule has 0 bridgehead atoms. The predicted octanol–water partition coefficient (Wildman–Crippen LogP) is 2.48. The van der Waals surface area contributed by atoms with Crippen LogP contribution in [-0.4, -0.2) is 42.0 Å². The third kappa shape index (κ3) is 6.11. The lowest BCUT2D eigenvalue weighted by Gasteiger charge is -2.30. The van der Waals surface area contributed by atoms with Gasteiger partial charge in [0.15, 0.2) is 0 Å². The van der Waals surface area contributed by atoms with Gasteiger partial charge in [-0.2, -0.15) is 0 Å². The molecule has 2 atom stereocenters.